The number of carbonyl (C=O) groups is 2. The number of hydrogen-bond donors (Lipinski definition) is 0. The van der Waals surface area contributed by atoms with Crippen LogP contribution in [-0.2, 0) is 23.5 Å². The van der Waals surface area contributed by atoms with E-state index in [0.29, 0.717) is 5.92 Å². The summed E-state index contributed by atoms with van der Waals surface area (Å²) < 4.78 is 17.5. The van der Waals surface area contributed by atoms with Crippen molar-refractivity contribution in [3.8, 4) is 0 Å². The molecule has 0 radical (unpaired) electrons. The number of esters is 2. The highest BCUT2D eigenvalue weighted by molar-refractivity contribution is 6.76. The molecule has 3 fully saturated rings. The summed E-state index contributed by atoms with van der Waals surface area (Å²) in [5, 5.41) is -0.0399. The van der Waals surface area contributed by atoms with E-state index in [1.807, 2.05) is 6.92 Å². The van der Waals surface area contributed by atoms with Crippen molar-refractivity contribution in [3.05, 3.63) is 0 Å². The average molecular weight is 326 g/mol. The molecule has 6 atom stereocenters. The van der Waals surface area contributed by atoms with Gasteiger partial charge in [0.15, 0.2) is 8.32 Å². The minimum absolute atomic E-state index is 0.000602. The highest BCUT2D eigenvalue weighted by Gasteiger charge is 2.89. The third-order valence-corrected chi connectivity index (χ3v) is 10.6. The number of carbonyl (C=O) groups excluding carboxylic acids is 2. The Morgan fingerprint density at radius 3 is 2.32 bits per heavy atom. The third-order valence-electron chi connectivity index (χ3n) is 6.50. The Balaban J connectivity index is 2.00. The van der Waals surface area contributed by atoms with E-state index in [2.05, 4.69) is 20.0 Å². The first-order chi connectivity index (χ1) is 10.1. The highest BCUT2D eigenvalue weighted by Crippen LogP contribution is 2.88. The largest absolute Gasteiger partial charge is 0.462 e. The molecule has 2 saturated carbocycles. The molecular formula is C16H26O5Si. The molecule has 6 heteroatoms. The van der Waals surface area contributed by atoms with Crippen molar-refractivity contribution in [3.63, 3.8) is 0 Å². The van der Waals surface area contributed by atoms with Gasteiger partial charge in [0.25, 0.3) is 0 Å². The van der Waals surface area contributed by atoms with Gasteiger partial charge < -0.3 is 13.9 Å². The molecule has 1 heterocycles. The van der Waals surface area contributed by atoms with Crippen LogP contribution in [0.25, 0.3) is 0 Å². The second kappa shape index (κ2) is 4.57. The van der Waals surface area contributed by atoms with E-state index >= 15 is 0 Å². The molecule has 0 amide bonds. The Kier molecular flexibility index (Phi) is 3.32. The first-order valence-corrected chi connectivity index (χ1v) is 11.0. The lowest BCUT2D eigenvalue weighted by Crippen LogP contribution is -2.52. The fourth-order valence-electron chi connectivity index (χ4n) is 5.70. The van der Waals surface area contributed by atoms with E-state index in [-0.39, 0.29) is 40.5 Å². The van der Waals surface area contributed by atoms with Gasteiger partial charge in [-0.2, -0.15) is 0 Å². The molecule has 1 unspecified atom stereocenters. The lowest BCUT2D eigenvalue weighted by atomic mass is 9.84. The summed E-state index contributed by atoms with van der Waals surface area (Å²) in [5.41, 5.74) is 0.0476. The summed E-state index contributed by atoms with van der Waals surface area (Å²) in [6, 6.07) is 0. The quantitative estimate of drug-likeness (QED) is 0.576. The number of hydrogen-bond acceptors (Lipinski definition) is 5. The number of ether oxygens (including phenoxy) is 2. The van der Waals surface area contributed by atoms with Gasteiger partial charge in [0.05, 0.1) is 0 Å². The minimum atomic E-state index is -1.98. The van der Waals surface area contributed by atoms with Crippen molar-refractivity contribution >= 4 is 20.3 Å². The zero-order valence-electron chi connectivity index (χ0n) is 14.3. The molecule has 0 bridgehead atoms. The Labute approximate surface area is 132 Å². The predicted octanol–water partition coefficient (Wildman–Crippen LogP) is 2.50. The Hall–Kier alpha value is -0.883. The fourth-order valence-corrected chi connectivity index (χ4v) is 10.4. The molecule has 3 aliphatic rings. The van der Waals surface area contributed by atoms with Gasteiger partial charge in [0, 0.05) is 36.8 Å². The van der Waals surface area contributed by atoms with E-state index in [9.17, 15) is 9.59 Å². The molecule has 0 aromatic heterocycles. The summed E-state index contributed by atoms with van der Waals surface area (Å²) in [5.74, 6) is -0.114. The SMILES string of the molecule is CC(=O)O[C@H]1CC2[C@@]3(C)CO[Si](C)(C)[C@@]23[C@H](OC(C)=O)[C@H]1C. The van der Waals surface area contributed by atoms with E-state index in [4.69, 9.17) is 13.9 Å². The molecular weight excluding hydrogens is 300 g/mol. The molecule has 0 N–H and O–H groups in total. The van der Waals surface area contributed by atoms with Crippen LogP contribution < -0.4 is 0 Å². The first kappa shape index (κ1) is 16.0. The summed E-state index contributed by atoms with van der Waals surface area (Å²) in [4.78, 5) is 23.1. The molecule has 1 aliphatic heterocycles. The smallest absolute Gasteiger partial charge is 0.302 e. The maximum atomic E-state index is 11.7. The lowest BCUT2D eigenvalue weighted by molar-refractivity contribution is -0.163. The average Bonchev–Trinajstić information content (AvgIpc) is 2.84. The van der Waals surface area contributed by atoms with Gasteiger partial charge in [0.2, 0.25) is 0 Å². The van der Waals surface area contributed by atoms with Gasteiger partial charge >= 0.3 is 11.9 Å². The van der Waals surface area contributed by atoms with Gasteiger partial charge in [-0.3, -0.25) is 9.59 Å². The zero-order chi connectivity index (χ0) is 16.5. The van der Waals surface area contributed by atoms with Crippen LogP contribution in [0.1, 0.15) is 34.1 Å². The summed E-state index contributed by atoms with van der Waals surface area (Å²) in [6.45, 7) is 12.4. The molecule has 1 spiro atoms. The summed E-state index contributed by atoms with van der Waals surface area (Å²) >= 11 is 0. The van der Waals surface area contributed by atoms with Gasteiger partial charge in [0.1, 0.15) is 12.2 Å². The van der Waals surface area contributed by atoms with E-state index in [0.717, 1.165) is 13.0 Å². The lowest BCUT2D eigenvalue weighted by Gasteiger charge is -2.44. The second-order valence-corrected chi connectivity index (χ2v) is 12.0. The number of fused-ring (bicyclic) bond motifs is 1. The Morgan fingerprint density at radius 1 is 1.18 bits per heavy atom. The molecule has 0 aromatic carbocycles. The van der Waals surface area contributed by atoms with Gasteiger partial charge in [-0.05, 0) is 25.4 Å². The topological polar surface area (TPSA) is 61.8 Å². The van der Waals surface area contributed by atoms with E-state index < -0.39 is 8.32 Å². The second-order valence-electron chi connectivity index (χ2n) is 7.91. The van der Waals surface area contributed by atoms with Crippen LogP contribution in [0.4, 0.5) is 0 Å². The summed E-state index contributed by atoms with van der Waals surface area (Å²) in [6.07, 6.45) is 0.460. The van der Waals surface area contributed by atoms with Crippen molar-refractivity contribution in [2.75, 3.05) is 6.61 Å². The Bertz CT molecular complexity index is 533. The van der Waals surface area contributed by atoms with Gasteiger partial charge in [-0.25, -0.2) is 0 Å². The van der Waals surface area contributed by atoms with Gasteiger partial charge in [-0.15, -0.1) is 0 Å². The van der Waals surface area contributed by atoms with Crippen LogP contribution in [-0.4, -0.2) is 39.1 Å². The van der Waals surface area contributed by atoms with Crippen LogP contribution in [0.3, 0.4) is 0 Å². The van der Waals surface area contributed by atoms with Crippen molar-refractivity contribution < 1.29 is 23.5 Å². The summed E-state index contributed by atoms with van der Waals surface area (Å²) in [7, 11) is -1.98. The monoisotopic (exact) mass is 326 g/mol. The van der Waals surface area contributed by atoms with Crippen LogP contribution in [0, 0.1) is 17.3 Å². The first-order valence-electron chi connectivity index (χ1n) is 8.06. The zero-order valence-corrected chi connectivity index (χ0v) is 15.3. The van der Waals surface area contributed by atoms with Gasteiger partial charge in [-0.1, -0.05) is 13.8 Å². The van der Waals surface area contributed by atoms with Crippen molar-refractivity contribution in [1.82, 2.24) is 0 Å². The van der Waals surface area contributed by atoms with Crippen molar-refractivity contribution in [2.24, 2.45) is 17.3 Å². The van der Waals surface area contributed by atoms with E-state index in [1.54, 1.807) is 0 Å². The van der Waals surface area contributed by atoms with Crippen LogP contribution in [0.2, 0.25) is 18.1 Å². The maximum Gasteiger partial charge on any atom is 0.302 e. The molecule has 1 saturated heterocycles. The third kappa shape index (κ3) is 1.74. The van der Waals surface area contributed by atoms with Crippen molar-refractivity contribution in [1.29, 1.82) is 0 Å². The fraction of sp³-hybridized carbons (Fsp3) is 0.875. The highest BCUT2D eigenvalue weighted by atomic mass is 28.4. The van der Waals surface area contributed by atoms with Crippen LogP contribution in [0.15, 0.2) is 0 Å². The minimum Gasteiger partial charge on any atom is -0.462 e. The normalized spacial score (nSPS) is 48.1. The molecule has 124 valence electrons. The molecule has 0 aromatic rings. The van der Waals surface area contributed by atoms with Crippen LogP contribution >= 0.6 is 0 Å². The molecule has 22 heavy (non-hydrogen) atoms. The van der Waals surface area contributed by atoms with Crippen molar-refractivity contribution in [2.45, 2.75) is 64.5 Å². The number of rotatable bonds is 2. The van der Waals surface area contributed by atoms with Crippen LogP contribution in [0.5, 0.6) is 0 Å². The molecule has 3 rings (SSSR count). The molecule has 2 aliphatic carbocycles. The standard InChI is InChI=1S/C16H26O5Si/c1-9-12(20-10(2)17)7-13-15(4)8-19-22(5,6)16(13,15)14(9)21-11(3)18/h9,12-14H,7-8H2,1-6H3/t9-,12-,13?,14+,15+,16+/m0/s1. The molecule has 5 nitrogen and oxygen atoms in total. The predicted molar refractivity (Wildman–Crippen MR) is 82.6 cm³/mol. The Morgan fingerprint density at radius 2 is 1.77 bits per heavy atom. The maximum absolute atomic E-state index is 11.7. The van der Waals surface area contributed by atoms with E-state index in [1.165, 1.54) is 13.8 Å².